The van der Waals surface area contributed by atoms with Crippen molar-refractivity contribution in [3.8, 4) is 0 Å². The van der Waals surface area contributed by atoms with Gasteiger partial charge in [0, 0.05) is 0 Å². The number of hydrogen-bond donors (Lipinski definition) is 2. The first-order valence-electron chi connectivity index (χ1n) is 2.17. The van der Waals surface area contributed by atoms with E-state index in [9.17, 15) is 0 Å². The zero-order valence-corrected chi connectivity index (χ0v) is 6.69. The van der Waals surface area contributed by atoms with Gasteiger partial charge in [0.05, 0.1) is 9.98 Å². The molecule has 48 valence electrons. The molecular formula is C3H3BBrNO2S. The maximum atomic E-state index is 8.52. The molecule has 0 aliphatic heterocycles. The number of aromatic nitrogens is 1. The van der Waals surface area contributed by atoms with Crippen molar-refractivity contribution in [2.45, 2.75) is 0 Å². The first kappa shape index (κ1) is 7.20. The number of hydrogen-bond acceptors (Lipinski definition) is 4. The van der Waals surface area contributed by atoms with Crippen LogP contribution < -0.4 is 4.91 Å². The van der Waals surface area contributed by atoms with Crippen LogP contribution in [0.5, 0.6) is 0 Å². The number of thiazole rings is 1. The maximum Gasteiger partial charge on any atom is 0.519 e. The molecule has 0 radical (unpaired) electrons. The molecule has 0 fully saturated rings. The minimum absolute atomic E-state index is 0.307. The normalized spacial score (nSPS) is 9.67. The van der Waals surface area contributed by atoms with Crippen LogP contribution in [0.4, 0.5) is 0 Å². The van der Waals surface area contributed by atoms with Gasteiger partial charge in [-0.3, -0.25) is 4.98 Å². The second-order valence-corrected chi connectivity index (χ2v) is 3.82. The highest BCUT2D eigenvalue weighted by Gasteiger charge is 2.14. The van der Waals surface area contributed by atoms with Crippen LogP contribution in [0.2, 0.25) is 0 Å². The monoisotopic (exact) mass is 207 g/mol. The molecule has 1 heterocycles. The van der Waals surface area contributed by atoms with Gasteiger partial charge in [0.1, 0.15) is 4.91 Å². The highest BCUT2D eigenvalue weighted by Crippen LogP contribution is 2.11. The van der Waals surface area contributed by atoms with Crippen molar-refractivity contribution in [1.82, 2.24) is 4.98 Å². The smallest absolute Gasteiger partial charge is 0.422 e. The van der Waals surface area contributed by atoms with Gasteiger partial charge in [-0.05, 0) is 15.9 Å². The van der Waals surface area contributed by atoms with E-state index in [1.165, 1.54) is 17.5 Å². The van der Waals surface area contributed by atoms with Crippen molar-refractivity contribution in [3.05, 3.63) is 9.98 Å². The van der Waals surface area contributed by atoms with Gasteiger partial charge in [-0.15, -0.1) is 11.3 Å². The fourth-order valence-corrected chi connectivity index (χ4v) is 1.50. The second-order valence-electron chi connectivity index (χ2n) is 1.38. The second kappa shape index (κ2) is 2.79. The highest BCUT2D eigenvalue weighted by molar-refractivity contribution is 9.11. The number of rotatable bonds is 1. The van der Waals surface area contributed by atoms with Gasteiger partial charge in [-0.25, -0.2) is 0 Å². The lowest BCUT2D eigenvalue weighted by Crippen LogP contribution is -2.28. The summed E-state index contributed by atoms with van der Waals surface area (Å²) in [6, 6.07) is 0. The Balaban J connectivity index is 2.85. The summed E-state index contributed by atoms with van der Waals surface area (Å²) in [7, 11) is -1.44. The number of halogens is 1. The average molecular weight is 208 g/mol. The van der Waals surface area contributed by atoms with E-state index in [0.29, 0.717) is 4.91 Å². The molecule has 0 aliphatic rings. The Hall–Kier alpha value is 0.0949. The molecule has 1 rings (SSSR count). The Morgan fingerprint density at radius 1 is 1.67 bits per heavy atom. The predicted molar refractivity (Wildman–Crippen MR) is 39.6 cm³/mol. The van der Waals surface area contributed by atoms with E-state index in [0.717, 1.165) is 3.79 Å². The molecule has 0 unspecified atom stereocenters. The SMILES string of the molecule is OB(O)c1ncc(Br)s1. The average Bonchev–Trinajstić information content (AvgIpc) is 2.14. The molecular weight excluding hydrogens is 205 g/mol. The van der Waals surface area contributed by atoms with Crippen LogP contribution in [-0.4, -0.2) is 22.2 Å². The molecule has 0 saturated heterocycles. The van der Waals surface area contributed by atoms with Crippen LogP contribution >= 0.6 is 27.3 Å². The molecule has 0 bridgehead atoms. The molecule has 6 heteroatoms. The van der Waals surface area contributed by atoms with Crippen molar-refractivity contribution in [1.29, 1.82) is 0 Å². The molecule has 1 aromatic heterocycles. The summed E-state index contributed by atoms with van der Waals surface area (Å²) >= 11 is 4.34. The van der Waals surface area contributed by atoms with E-state index in [1.54, 1.807) is 0 Å². The standard InChI is InChI=1S/C3H3BBrNO2S/c5-2-1-6-3(9-2)4(7)8/h1,7-8H. The van der Waals surface area contributed by atoms with E-state index in [2.05, 4.69) is 20.9 Å². The van der Waals surface area contributed by atoms with E-state index < -0.39 is 7.12 Å². The Bertz CT molecular complexity index is 203. The third kappa shape index (κ3) is 1.75. The lowest BCUT2D eigenvalue weighted by molar-refractivity contribution is 0.425. The maximum absolute atomic E-state index is 8.52. The summed E-state index contributed by atoms with van der Waals surface area (Å²) < 4.78 is 0.797. The van der Waals surface area contributed by atoms with Crippen LogP contribution in [0.25, 0.3) is 0 Å². The molecule has 0 atom stereocenters. The van der Waals surface area contributed by atoms with Gasteiger partial charge in [-0.2, -0.15) is 0 Å². The largest absolute Gasteiger partial charge is 0.519 e. The van der Waals surface area contributed by atoms with Crippen molar-refractivity contribution in [2.75, 3.05) is 0 Å². The summed E-state index contributed by atoms with van der Waals surface area (Å²) in [5.74, 6) is 0. The van der Waals surface area contributed by atoms with Crippen molar-refractivity contribution >= 4 is 39.3 Å². The molecule has 3 nitrogen and oxygen atoms in total. The van der Waals surface area contributed by atoms with Crippen LogP contribution in [0.1, 0.15) is 0 Å². The lowest BCUT2D eigenvalue weighted by Gasteiger charge is -1.85. The van der Waals surface area contributed by atoms with Gasteiger partial charge in [0.15, 0.2) is 0 Å². The molecule has 0 aliphatic carbocycles. The summed E-state index contributed by atoms with van der Waals surface area (Å²) in [4.78, 5) is 3.99. The first-order chi connectivity index (χ1) is 4.20. The van der Waals surface area contributed by atoms with E-state index >= 15 is 0 Å². The molecule has 2 N–H and O–H groups in total. The molecule has 9 heavy (non-hydrogen) atoms. The van der Waals surface area contributed by atoms with Gasteiger partial charge in [0.2, 0.25) is 0 Å². The van der Waals surface area contributed by atoms with Gasteiger partial charge in [-0.1, -0.05) is 0 Å². The Morgan fingerprint density at radius 3 is 2.56 bits per heavy atom. The Morgan fingerprint density at radius 2 is 2.33 bits per heavy atom. The Labute approximate surface area is 64.6 Å². The summed E-state index contributed by atoms with van der Waals surface area (Å²) in [5, 5.41) is 17.0. The van der Waals surface area contributed by atoms with Gasteiger partial charge < -0.3 is 10.0 Å². The zero-order valence-electron chi connectivity index (χ0n) is 4.28. The molecule has 1 aromatic rings. The van der Waals surface area contributed by atoms with Crippen LogP contribution in [0.3, 0.4) is 0 Å². The molecule has 0 saturated carbocycles. The minimum Gasteiger partial charge on any atom is -0.422 e. The zero-order chi connectivity index (χ0) is 6.85. The van der Waals surface area contributed by atoms with Crippen molar-refractivity contribution in [2.24, 2.45) is 0 Å². The lowest BCUT2D eigenvalue weighted by atomic mass is 9.94. The quantitative estimate of drug-likeness (QED) is 0.616. The number of nitrogens with zero attached hydrogens (tertiary/aromatic N) is 1. The minimum atomic E-state index is -1.44. The third-order valence-corrected chi connectivity index (χ3v) is 2.23. The fourth-order valence-electron chi connectivity index (χ4n) is 0.386. The van der Waals surface area contributed by atoms with Crippen molar-refractivity contribution in [3.63, 3.8) is 0 Å². The van der Waals surface area contributed by atoms with Gasteiger partial charge in [0.25, 0.3) is 0 Å². The van der Waals surface area contributed by atoms with Crippen LogP contribution in [0, 0.1) is 0 Å². The van der Waals surface area contributed by atoms with Crippen LogP contribution in [-0.2, 0) is 0 Å². The summed E-state index contributed by atoms with van der Waals surface area (Å²) in [6.45, 7) is 0. The third-order valence-electron chi connectivity index (χ3n) is 0.716. The molecule has 0 spiro atoms. The molecule has 0 amide bonds. The first-order valence-corrected chi connectivity index (χ1v) is 3.78. The van der Waals surface area contributed by atoms with E-state index in [4.69, 9.17) is 10.0 Å². The highest BCUT2D eigenvalue weighted by atomic mass is 79.9. The summed E-state index contributed by atoms with van der Waals surface area (Å²) in [6.07, 6.45) is 1.53. The predicted octanol–water partition coefficient (Wildman–Crippen LogP) is -0.415. The van der Waals surface area contributed by atoms with Gasteiger partial charge >= 0.3 is 7.12 Å². The topological polar surface area (TPSA) is 53.4 Å². The van der Waals surface area contributed by atoms with E-state index in [1.807, 2.05) is 0 Å². The summed E-state index contributed by atoms with van der Waals surface area (Å²) in [5.41, 5.74) is 0. The molecule has 0 aromatic carbocycles. The van der Waals surface area contributed by atoms with E-state index in [-0.39, 0.29) is 0 Å². The van der Waals surface area contributed by atoms with Crippen LogP contribution in [0.15, 0.2) is 9.98 Å². The fraction of sp³-hybridized carbons (Fsp3) is 0. The Kier molecular flexibility index (Phi) is 2.23. The van der Waals surface area contributed by atoms with Crippen molar-refractivity contribution < 1.29 is 10.0 Å².